The first-order chi connectivity index (χ1) is 16.4. The van der Waals surface area contributed by atoms with Gasteiger partial charge >= 0.3 is 0 Å². The van der Waals surface area contributed by atoms with Crippen molar-refractivity contribution >= 4 is 63.1 Å². The summed E-state index contributed by atoms with van der Waals surface area (Å²) in [7, 11) is 0. The normalized spacial score (nSPS) is 15.1. The summed E-state index contributed by atoms with van der Waals surface area (Å²) in [5.74, 6) is -1.02. The number of fused-ring (bicyclic) bond motifs is 1. The van der Waals surface area contributed by atoms with Crippen molar-refractivity contribution in [3.8, 4) is 0 Å². The molecule has 0 N–H and O–H groups in total. The predicted octanol–water partition coefficient (Wildman–Crippen LogP) is 7.37. The standard InChI is InChI=1S/C26H17Cl2FN2O2S/c27-18-10-8-16(9-11-18)13-30-14-17(19-4-1-2-7-23(19)30)12-24-25(32)31(26(33)34-24)15-20-21(28)5-3-6-22(20)29/h1-12,14H,13,15H2/b24-12-. The van der Waals surface area contributed by atoms with Gasteiger partial charge in [0.25, 0.3) is 11.1 Å². The smallest absolute Gasteiger partial charge is 0.293 e. The summed E-state index contributed by atoms with van der Waals surface area (Å²) in [5.41, 5.74) is 3.02. The molecule has 0 bridgehead atoms. The van der Waals surface area contributed by atoms with E-state index in [2.05, 4.69) is 4.57 Å². The number of carbonyl (C=O) groups is 2. The monoisotopic (exact) mass is 510 g/mol. The molecule has 2 heterocycles. The van der Waals surface area contributed by atoms with Crippen LogP contribution in [0.15, 0.2) is 77.8 Å². The Bertz CT molecular complexity index is 1440. The number of rotatable bonds is 5. The molecule has 4 aromatic rings. The van der Waals surface area contributed by atoms with E-state index in [0.717, 1.165) is 38.7 Å². The number of imide groups is 1. The zero-order valence-corrected chi connectivity index (χ0v) is 20.0. The Morgan fingerprint density at radius 2 is 1.68 bits per heavy atom. The summed E-state index contributed by atoms with van der Waals surface area (Å²) in [6.45, 7) is 0.407. The minimum absolute atomic E-state index is 0.118. The number of hydrogen-bond acceptors (Lipinski definition) is 3. The van der Waals surface area contributed by atoms with Crippen LogP contribution in [0.5, 0.6) is 0 Å². The Morgan fingerprint density at radius 3 is 2.44 bits per heavy atom. The molecule has 0 spiro atoms. The van der Waals surface area contributed by atoms with E-state index in [1.807, 2.05) is 54.7 Å². The molecule has 0 saturated carbocycles. The second-order valence-electron chi connectivity index (χ2n) is 7.82. The van der Waals surface area contributed by atoms with E-state index in [1.165, 1.54) is 18.2 Å². The number of aromatic nitrogens is 1. The molecule has 0 unspecified atom stereocenters. The first kappa shape index (κ1) is 22.7. The van der Waals surface area contributed by atoms with Crippen molar-refractivity contribution in [3.05, 3.63) is 110 Å². The number of halogens is 3. The Labute approximate surface area is 209 Å². The molecule has 3 aromatic carbocycles. The van der Waals surface area contributed by atoms with E-state index in [0.29, 0.717) is 11.6 Å². The maximum atomic E-state index is 14.2. The van der Waals surface area contributed by atoms with Crippen LogP contribution in [0, 0.1) is 5.82 Å². The number of para-hydroxylation sites is 1. The Hall–Kier alpha value is -3.06. The molecule has 5 rings (SSSR count). The molecule has 0 aliphatic carbocycles. The van der Waals surface area contributed by atoms with Crippen molar-refractivity contribution in [3.63, 3.8) is 0 Å². The van der Waals surface area contributed by atoms with Gasteiger partial charge in [-0.1, -0.05) is 59.6 Å². The van der Waals surface area contributed by atoms with Gasteiger partial charge in [0.2, 0.25) is 0 Å². The number of carbonyl (C=O) groups excluding carboxylic acids is 2. The van der Waals surface area contributed by atoms with Crippen molar-refractivity contribution in [2.24, 2.45) is 0 Å². The molecule has 1 aliphatic rings. The van der Waals surface area contributed by atoms with Crippen LogP contribution in [0.1, 0.15) is 16.7 Å². The van der Waals surface area contributed by atoms with Gasteiger partial charge < -0.3 is 4.57 Å². The van der Waals surface area contributed by atoms with Crippen molar-refractivity contribution in [2.45, 2.75) is 13.1 Å². The number of thioether (sulfide) groups is 1. The van der Waals surface area contributed by atoms with Crippen molar-refractivity contribution in [1.82, 2.24) is 9.47 Å². The fraction of sp³-hybridized carbons (Fsp3) is 0.0769. The van der Waals surface area contributed by atoms with Crippen LogP contribution in [0.4, 0.5) is 9.18 Å². The summed E-state index contributed by atoms with van der Waals surface area (Å²) in [6, 6.07) is 19.8. The first-order valence-electron chi connectivity index (χ1n) is 10.4. The van der Waals surface area contributed by atoms with Gasteiger partial charge in [0.1, 0.15) is 5.82 Å². The van der Waals surface area contributed by atoms with Gasteiger partial charge in [0, 0.05) is 44.8 Å². The zero-order valence-electron chi connectivity index (χ0n) is 17.7. The lowest BCUT2D eigenvalue weighted by Gasteiger charge is -2.14. The molecule has 0 atom stereocenters. The molecule has 1 aliphatic heterocycles. The summed E-state index contributed by atoms with van der Waals surface area (Å²) in [4.78, 5) is 26.9. The number of benzene rings is 3. The maximum Gasteiger partial charge on any atom is 0.293 e. The Kier molecular flexibility index (Phi) is 6.21. The van der Waals surface area contributed by atoms with Crippen LogP contribution in [0.2, 0.25) is 10.0 Å². The minimum Gasteiger partial charge on any atom is -0.342 e. The fourth-order valence-corrected chi connectivity index (χ4v) is 5.10. The number of amides is 2. The highest BCUT2D eigenvalue weighted by Crippen LogP contribution is 2.36. The minimum atomic E-state index is -0.555. The molecule has 170 valence electrons. The zero-order chi connectivity index (χ0) is 23.8. The van der Waals surface area contributed by atoms with E-state index >= 15 is 0 Å². The molecule has 34 heavy (non-hydrogen) atoms. The molecule has 1 saturated heterocycles. The van der Waals surface area contributed by atoms with Gasteiger partial charge in [-0.15, -0.1) is 0 Å². The molecule has 1 aromatic heterocycles. The van der Waals surface area contributed by atoms with Crippen molar-refractivity contribution in [1.29, 1.82) is 0 Å². The van der Waals surface area contributed by atoms with E-state index in [-0.39, 0.29) is 22.0 Å². The van der Waals surface area contributed by atoms with Gasteiger partial charge in [-0.05, 0) is 53.7 Å². The average molecular weight is 511 g/mol. The third-order valence-electron chi connectivity index (χ3n) is 5.62. The quantitative estimate of drug-likeness (QED) is 0.263. The van der Waals surface area contributed by atoms with Crippen molar-refractivity contribution < 1.29 is 14.0 Å². The second kappa shape index (κ2) is 9.29. The largest absolute Gasteiger partial charge is 0.342 e. The van der Waals surface area contributed by atoms with Crippen LogP contribution in [0.25, 0.3) is 17.0 Å². The van der Waals surface area contributed by atoms with Crippen LogP contribution in [-0.4, -0.2) is 20.6 Å². The lowest BCUT2D eigenvalue weighted by atomic mass is 10.1. The molecule has 4 nitrogen and oxygen atoms in total. The molecule has 2 amide bonds. The lowest BCUT2D eigenvalue weighted by Crippen LogP contribution is -2.28. The Morgan fingerprint density at radius 1 is 0.912 bits per heavy atom. The molecular weight excluding hydrogens is 494 g/mol. The summed E-state index contributed by atoms with van der Waals surface area (Å²) >= 11 is 12.9. The highest BCUT2D eigenvalue weighted by atomic mass is 35.5. The maximum absolute atomic E-state index is 14.2. The van der Waals surface area contributed by atoms with Gasteiger partial charge in [-0.25, -0.2) is 4.39 Å². The molecule has 8 heteroatoms. The van der Waals surface area contributed by atoms with E-state index in [9.17, 15) is 14.0 Å². The van der Waals surface area contributed by atoms with Gasteiger partial charge in [0.05, 0.1) is 11.4 Å². The molecule has 0 radical (unpaired) electrons. The van der Waals surface area contributed by atoms with Crippen LogP contribution in [0.3, 0.4) is 0 Å². The van der Waals surface area contributed by atoms with Gasteiger partial charge in [-0.2, -0.15) is 0 Å². The van der Waals surface area contributed by atoms with Crippen LogP contribution in [-0.2, 0) is 17.9 Å². The Balaban J connectivity index is 1.47. The summed E-state index contributed by atoms with van der Waals surface area (Å²) < 4.78 is 16.3. The summed E-state index contributed by atoms with van der Waals surface area (Å²) in [6.07, 6.45) is 3.68. The third-order valence-corrected chi connectivity index (χ3v) is 7.14. The average Bonchev–Trinajstić information content (AvgIpc) is 3.29. The van der Waals surface area contributed by atoms with Crippen molar-refractivity contribution in [2.75, 3.05) is 0 Å². The van der Waals surface area contributed by atoms with Crippen LogP contribution < -0.4 is 0 Å². The highest BCUT2D eigenvalue weighted by Gasteiger charge is 2.36. The molecular formula is C26H17Cl2FN2O2S. The molecule has 1 fully saturated rings. The summed E-state index contributed by atoms with van der Waals surface area (Å²) in [5, 5.41) is 1.35. The van der Waals surface area contributed by atoms with E-state index in [4.69, 9.17) is 23.2 Å². The predicted molar refractivity (Wildman–Crippen MR) is 135 cm³/mol. The SMILES string of the molecule is O=C1S/C(=C\c2cn(Cc3ccc(Cl)cc3)c3ccccc23)C(=O)N1Cc1c(F)cccc1Cl. The lowest BCUT2D eigenvalue weighted by molar-refractivity contribution is -0.123. The van der Waals surface area contributed by atoms with Crippen LogP contribution >= 0.6 is 35.0 Å². The highest BCUT2D eigenvalue weighted by molar-refractivity contribution is 8.18. The van der Waals surface area contributed by atoms with E-state index < -0.39 is 17.0 Å². The third kappa shape index (κ3) is 4.37. The van der Waals surface area contributed by atoms with Gasteiger partial charge in [0.15, 0.2) is 0 Å². The topological polar surface area (TPSA) is 42.3 Å². The number of nitrogens with zero attached hydrogens (tertiary/aromatic N) is 2. The first-order valence-corrected chi connectivity index (χ1v) is 12.0. The van der Waals surface area contributed by atoms with Gasteiger partial charge in [-0.3, -0.25) is 14.5 Å². The second-order valence-corrected chi connectivity index (χ2v) is 9.66. The van der Waals surface area contributed by atoms with E-state index in [1.54, 1.807) is 6.08 Å². The fourth-order valence-electron chi connectivity index (χ4n) is 3.93. The number of hydrogen-bond donors (Lipinski definition) is 0.